The fourth-order valence-electron chi connectivity index (χ4n) is 3.06. The first-order valence-electron chi connectivity index (χ1n) is 8.69. The van der Waals surface area contributed by atoms with Gasteiger partial charge in [-0.25, -0.2) is 13.1 Å². The first-order valence-corrected chi connectivity index (χ1v) is 10.2. The van der Waals surface area contributed by atoms with Gasteiger partial charge < -0.3 is 5.32 Å². The molecule has 7 heteroatoms. The van der Waals surface area contributed by atoms with Crippen LogP contribution in [0.5, 0.6) is 0 Å². The number of Topliss-reactive ketones (excluding diaryl/α,β-unsaturated/α-hetero) is 1. The third kappa shape index (κ3) is 5.64. The van der Waals surface area contributed by atoms with Crippen LogP contribution in [-0.2, 0) is 14.8 Å². The van der Waals surface area contributed by atoms with Crippen molar-refractivity contribution in [3.05, 3.63) is 29.8 Å². The Balaban J connectivity index is 1.83. The predicted octanol–water partition coefficient (Wildman–Crippen LogP) is 2.25. The summed E-state index contributed by atoms with van der Waals surface area (Å²) in [5, 5.41) is 3.00. The quantitative estimate of drug-likeness (QED) is 0.724. The molecule has 1 saturated carbocycles. The summed E-state index contributed by atoms with van der Waals surface area (Å²) >= 11 is 0. The lowest BCUT2D eigenvalue weighted by Crippen LogP contribution is -2.42. The van der Waals surface area contributed by atoms with Crippen LogP contribution in [0.3, 0.4) is 0 Å². The van der Waals surface area contributed by atoms with E-state index >= 15 is 0 Å². The SMILES string of the molecule is CC(=O)c1ccc(S(=O)(=O)NCCC(=O)NC2CCCCC2C)cc1. The third-order valence-corrected chi connectivity index (χ3v) is 6.15. The summed E-state index contributed by atoms with van der Waals surface area (Å²) in [7, 11) is -3.68. The van der Waals surface area contributed by atoms with Crippen molar-refractivity contribution in [3.8, 4) is 0 Å². The van der Waals surface area contributed by atoms with E-state index in [4.69, 9.17) is 0 Å². The van der Waals surface area contributed by atoms with E-state index in [1.807, 2.05) is 0 Å². The minimum absolute atomic E-state index is 0.0454. The van der Waals surface area contributed by atoms with Crippen LogP contribution in [-0.4, -0.2) is 32.7 Å². The van der Waals surface area contributed by atoms with Crippen LogP contribution in [0.2, 0.25) is 0 Å². The smallest absolute Gasteiger partial charge is 0.240 e. The molecule has 0 saturated heterocycles. The van der Waals surface area contributed by atoms with Crippen molar-refractivity contribution in [2.45, 2.75) is 56.9 Å². The van der Waals surface area contributed by atoms with Gasteiger partial charge in [-0.15, -0.1) is 0 Å². The van der Waals surface area contributed by atoms with Crippen LogP contribution in [0.4, 0.5) is 0 Å². The van der Waals surface area contributed by atoms with Gasteiger partial charge in [0.1, 0.15) is 0 Å². The Hall–Kier alpha value is -1.73. The van der Waals surface area contributed by atoms with Crippen LogP contribution < -0.4 is 10.0 Å². The molecule has 2 rings (SSSR count). The number of hydrogen-bond donors (Lipinski definition) is 2. The Kier molecular flexibility index (Phi) is 6.72. The summed E-state index contributed by atoms with van der Waals surface area (Å²) in [5.41, 5.74) is 0.458. The molecule has 1 aromatic carbocycles. The van der Waals surface area contributed by atoms with E-state index in [1.165, 1.54) is 37.6 Å². The molecule has 0 heterocycles. The van der Waals surface area contributed by atoms with Crippen molar-refractivity contribution in [3.63, 3.8) is 0 Å². The second-order valence-corrected chi connectivity index (χ2v) is 8.43. The monoisotopic (exact) mass is 366 g/mol. The average Bonchev–Trinajstić information content (AvgIpc) is 2.57. The van der Waals surface area contributed by atoms with E-state index in [1.54, 1.807) is 0 Å². The average molecular weight is 366 g/mol. The van der Waals surface area contributed by atoms with Crippen LogP contribution in [0.15, 0.2) is 29.2 Å². The standard InChI is InChI=1S/C18H26N2O4S/c1-13-5-3-4-6-17(13)20-18(22)11-12-19-25(23,24)16-9-7-15(8-10-16)14(2)21/h7-10,13,17,19H,3-6,11-12H2,1-2H3,(H,20,22). The number of carbonyl (C=O) groups is 2. The van der Waals surface area contributed by atoms with Gasteiger partial charge in [-0.05, 0) is 37.8 Å². The van der Waals surface area contributed by atoms with Crippen molar-refractivity contribution >= 4 is 21.7 Å². The van der Waals surface area contributed by atoms with E-state index in [0.29, 0.717) is 11.5 Å². The number of nitrogens with one attached hydrogen (secondary N) is 2. The highest BCUT2D eigenvalue weighted by molar-refractivity contribution is 7.89. The highest BCUT2D eigenvalue weighted by Gasteiger charge is 2.23. The minimum atomic E-state index is -3.68. The largest absolute Gasteiger partial charge is 0.353 e. The second-order valence-electron chi connectivity index (χ2n) is 6.66. The van der Waals surface area contributed by atoms with Gasteiger partial charge in [-0.3, -0.25) is 9.59 Å². The van der Waals surface area contributed by atoms with Gasteiger partial charge in [0, 0.05) is 24.6 Å². The Labute approximate surface area is 149 Å². The molecule has 0 bridgehead atoms. The zero-order chi connectivity index (χ0) is 18.4. The second kappa shape index (κ2) is 8.58. The highest BCUT2D eigenvalue weighted by Crippen LogP contribution is 2.23. The topological polar surface area (TPSA) is 92.3 Å². The molecule has 0 aliphatic heterocycles. The van der Waals surface area contributed by atoms with Crippen molar-refractivity contribution < 1.29 is 18.0 Å². The van der Waals surface area contributed by atoms with Gasteiger partial charge in [-0.1, -0.05) is 31.9 Å². The lowest BCUT2D eigenvalue weighted by Gasteiger charge is -2.29. The molecule has 0 radical (unpaired) electrons. The fourth-order valence-corrected chi connectivity index (χ4v) is 4.09. The highest BCUT2D eigenvalue weighted by atomic mass is 32.2. The number of rotatable bonds is 7. The van der Waals surface area contributed by atoms with Gasteiger partial charge in [0.25, 0.3) is 0 Å². The molecule has 6 nitrogen and oxygen atoms in total. The molecule has 0 spiro atoms. The molecule has 1 aliphatic rings. The molecule has 0 aromatic heterocycles. The molecule has 138 valence electrons. The molecule has 25 heavy (non-hydrogen) atoms. The maximum atomic E-state index is 12.2. The summed E-state index contributed by atoms with van der Waals surface area (Å²) < 4.78 is 26.8. The van der Waals surface area contributed by atoms with E-state index in [9.17, 15) is 18.0 Å². The molecule has 1 aromatic rings. The number of ketones is 1. The lowest BCUT2D eigenvalue weighted by atomic mass is 9.86. The number of carbonyl (C=O) groups excluding carboxylic acids is 2. The molecule has 1 fully saturated rings. The van der Waals surface area contributed by atoms with Gasteiger partial charge in [0.2, 0.25) is 15.9 Å². The van der Waals surface area contributed by atoms with Crippen molar-refractivity contribution in [2.24, 2.45) is 5.92 Å². The van der Waals surface area contributed by atoms with Crippen LogP contribution >= 0.6 is 0 Å². The van der Waals surface area contributed by atoms with Gasteiger partial charge >= 0.3 is 0 Å². The van der Waals surface area contributed by atoms with Gasteiger partial charge in [0.15, 0.2) is 5.78 Å². The Bertz CT molecular complexity index is 713. The Morgan fingerprint density at radius 1 is 1.12 bits per heavy atom. The summed E-state index contributed by atoms with van der Waals surface area (Å²) in [6.07, 6.45) is 4.54. The number of benzene rings is 1. The van der Waals surface area contributed by atoms with Crippen LogP contribution in [0, 0.1) is 5.92 Å². The number of sulfonamides is 1. The van der Waals surface area contributed by atoms with E-state index in [0.717, 1.165) is 19.3 Å². The first kappa shape index (κ1) is 19.6. The lowest BCUT2D eigenvalue weighted by molar-refractivity contribution is -0.122. The zero-order valence-corrected chi connectivity index (χ0v) is 15.6. The van der Waals surface area contributed by atoms with E-state index in [-0.39, 0.29) is 35.6 Å². The van der Waals surface area contributed by atoms with E-state index in [2.05, 4.69) is 17.0 Å². The van der Waals surface area contributed by atoms with Gasteiger partial charge in [0.05, 0.1) is 4.90 Å². The Morgan fingerprint density at radius 3 is 2.36 bits per heavy atom. The molecule has 2 atom stereocenters. The third-order valence-electron chi connectivity index (χ3n) is 4.67. The minimum Gasteiger partial charge on any atom is -0.353 e. The van der Waals surface area contributed by atoms with Crippen LogP contribution in [0.1, 0.15) is 56.3 Å². The molecular weight excluding hydrogens is 340 g/mol. The molecule has 2 unspecified atom stereocenters. The molecule has 1 amide bonds. The summed E-state index contributed by atoms with van der Waals surface area (Å²) in [5.74, 6) is 0.216. The molecule has 1 aliphatic carbocycles. The van der Waals surface area contributed by atoms with Crippen molar-refractivity contribution in [1.29, 1.82) is 0 Å². The Morgan fingerprint density at radius 2 is 1.76 bits per heavy atom. The van der Waals surface area contributed by atoms with Crippen molar-refractivity contribution in [1.82, 2.24) is 10.0 Å². The molecule has 2 N–H and O–H groups in total. The first-order chi connectivity index (χ1) is 11.8. The molecular formula is C18H26N2O4S. The summed E-state index contributed by atoms with van der Waals surface area (Å²) in [6.45, 7) is 3.61. The van der Waals surface area contributed by atoms with Crippen molar-refractivity contribution in [2.75, 3.05) is 6.54 Å². The van der Waals surface area contributed by atoms with Crippen LogP contribution in [0.25, 0.3) is 0 Å². The maximum Gasteiger partial charge on any atom is 0.240 e. The number of hydrogen-bond acceptors (Lipinski definition) is 4. The maximum absolute atomic E-state index is 12.2. The van der Waals surface area contributed by atoms with Gasteiger partial charge in [-0.2, -0.15) is 0 Å². The van der Waals surface area contributed by atoms with E-state index < -0.39 is 10.0 Å². The summed E-state index contributed by atoms with van der Waals surface area (Å²) in [4.78, 5) is 23.3. The predicted molar refractivity (Wildman–Crippen MR) is 95.8 cm³/mol. The zero-order valence-electron chi connectivity index (χ0n) is 14.7. The number of amides is 1. The fraction of sp³-hybridized carbons (Fsp3) is 0.556. The summed E-state index contributed by atoms with van der Waals surface area (Å²) in [6, 6.07) is 5.94. The normalized spacial score (nSPS) is 20.9.